The first-order valence-electron chi connectivity index (χ1n) is 28.0. The molecule has 0 aliphatic carbocycles. The number of carbonyl (C=O) groups is 1. The highest BCUT2D eigenvalue weighted by Crippen LogP contribution is 2.13. The number of aliphatic hydroxyl groups excluding tert-OH is 2. The van der Waals surface area contributed by atoms with E-state index in [1.807, 2.05) is 6.08 Å². The Labute approximate surface area is 421 Å². The lowest BCUT2D eigenvalue weighted by Crippen LogP contribution is -2.45. The van der Waals surface area contributed by atoms with Crippen molar-refractivity contribution >= 4 is 5.91 Å². The van der Waals surface area contributed by atoms with Crippen LogP contribution in [0.2, 0.25) is 0 Å². The monoisotopic (exact) mass is 936 g/mol. The van der Waals surface area contributed by atoms with Gasteiger partial charge in [-0.3, -0.25) is 4.79 Å². The van der Waals surface area contributed by atoms with Crippen molar-refractivity contribution in [3.8, 4) is 0 Å². The third-order valence-corrected chi connectivity index (χ3v) is 11.8. The fourth-order valence-electron chi connectivity index (χ4n) is 7.55. The minimum atomic E-state index is -0.886. The van der Waals surface area contributed by atoms with Crippen LogP contribution in [0.4, 0.5) is 0 Å². The fraction of sp³-hybridized carbons (Fsp3) is 0.609. The molecular weight excluding hydrogens is 831 g/mol. The van der Waals surface area contributed by atoms with Crippen molar-refractivity contribution < 1.29 is 15.0 Å². The predicted octanol–water partition coefficient (Wildman–Crippen LogP) is 18.8. The van der Waals surface area contributed by atoms with Gasteiger partial charge < -0.3 is 15.5 Å². The first kappa shape index (κ1) is 64.3. The Bertz CT molecular complexity index is 1430. The highest BCUT2D eigenvalue weighted by molar-refractivity contribution is 5.76. The van der Waals surface area contributed by atoms with Gasteiger partial charge in [0.15, 0.2) is 0 Å². The number of allylic oxidation sites excluding steroid dienone is 23. The number of nitrogens with one attached hydrogen (secondary N) is 1. The number of hydrogen-bond acceptors (Lipinski definition) is 3. The quantitative estimate of drug-likeness (QED) is 0.0420. The van der Waals surface area contributed by atoms with E-state index < -0.39 is 12.1 Å². The number of amides is 1. The Morgan fingerprint density at radius 3 is 1.03 bits per heavy atom. The maximum Gasteiger partial charge on any atom is 0.220 e. The molecule has 0 aromatic carbocycles. The van der Waals surface area contributed by atoms with E-state index in [1.54, 1.807) is 6.08 Å². The Morgan fingerprint density at radius 1 is 0.368 bits per heavy atom. The summed E-state index contributed by atoms with van der Waals surface area (Å²) in [7, 11) is 0. The number of hydrogen-bond donors (Lipinski definition) is 3. The van der Waals surface area contributed by atoms with Crippen molar-refractivity contribution in [2.75, 3.05) is 6.61 Å². The summed E-state index contributed by atoms with van der Waals surface area (Å²) >= 11 is 0. The predicted molar refractivity (Wildman–Crippen MR) is 303 cm³/mol. The third kappa shape index (κ3) is 53.2. The van der Waals surface area contributed by atoms with Crippen LogP contribution in [0.3, 0.4) is 0 Å². The van der Waals surface area contributed by atoms with E-state index in [-0.39, 0.29) is 12.5 Å². The molecule has 4 heteroatoms. The molecule has 0 radical (unpaired) electrons. The van der Waals surface area contributed by atoms with Crippen LogP contribution in [-0.2, 0) is 4.79 Å². The van der Waals surface area contributed by atoms with Gasteiger partial charge in [0.1, 0.15) is 0 Å². The van der Waals surface area contributed by atoms with E-state index in [1.165, 1.54) is 103 Å². The summed E-state index contributed by atoms with van der Waals surface area (Å²) in [6.45, 7) is 4.17. The second kappa shape index (κ2) is 57.6. The van der Waals surface area contributed by atoms with Gasteiger partial charge in [-0.05, 0) is 116 Å². The summed E-state index contributed by atoms with van der Waals surface area (Å²) in [5.74, 6) is -0.0952. The lowest BCUT2D eigenvalue weighted by Gasteiger charge is -2.19. The Balaban J connectivity index is 3.70. The molecule has 2 atom stereocenters. The molecule has 0 saturated carbocycles. The van der Waals surface area contributed by atoms with E-state index in [2.05, 4.69) is 153 Å². The standard InChI is InChI=1S/C64H105NO3/c1-3-5-7-9-11-13-15-17-19-21-23-25-26-27-28-29-30-31-32-33-34-35-36-37-38-40-42-44-46-48-50-52-54-56-58-60-64(68)65-62(61-66)63(67)59-57-55-53-51-49-47-45-43-41-39-24-22-20-18-16-14-12-10-8-6-4-2/h5,7,11,13,17,19,23,25,27-28,30-31,33-34,36-37,40-43,49,51,57,59,62-63,66-67H,3-4,6,8-10,12,14-16,18,20-22,24,26,29,32,35,38-39,44-48,50,52-56,58,60-61H2,1-2H3,(H,65,68)/b7-5-,13-11-,19-17-,25-23-,28-27-,31-30-,34-33-,37-36-,42-40-,43-41+,51-49+,59-57+. The van der Waals surface area contributed by atoms with Gasteiger partial charge in [-0.1, -0.05) is 256 Å². The van der Waals surface area contributed by atoms with Crippen molar-refractivity contribution in [2.45, 2.75) is 244 Å². The number of unbranched alkanes of at least 4 members (excludes halogenated alkanes) is 20. The maximum absolute atomic E-state index is 12.5. The molecule has 0 spiro atoms. The fourth-order valence-corrected chi connectivity index (χ4v) is 7.55. The zero-order valence-electron chi connectivity index (χ0n) is 44.1. The summed E-state index contributed by atoms with van der Waals surface area (Å²) in [6, 6.07) is -0.663. The molecule has 68 heavy (non-hydrogen) atoms. The van der Waals surface area contributed by atoms with E-state index >= 15 is 0 Å². The van der Waals surface area contributed by atoms with Crippen molar-refractivity contribution in [3.63, 3.8) is 0 Å². The zero-order chi connectivity index (χ0) is 49.2. The summed E-state index contributed by atoms with van der Waals surface area (Å²) < 4.78 is 0. The van der Waals surface area contributed by atoms with Gasteiger partial charge in [-0.25, -0.2) is 0 Å². The molecule has 0 aliphatic rings. The summed E-state index contributed by atoms with van der Waals surface area (Å²) in [6.07, 6.45) is 91.3. The first-order valence-corrected chi connectivity index (χ1v) is 28.0. The van der Waals surface area contributed by atoms with Crippen LogP contribution >= 0.6 is 0 Å². The van der Waals surface area contributed by atoms with E-state index in [4.69, 9.17) is 0 Å². The van der Waals surface area contributed by atoms with Crippen LogP contribution in [-0.4, -0.2) is 34.9 Å². The molecule has 0 aliphatic heterocycles. The van der Waals surface area contributed by atoms with Gasteiger partial charge in [0.25, 0.3) is 0 Å². The van der Waals surface area contributed by atoms with Crippen molar-refractivity contribution in [1.82, 2.24) is 5.32 Å². The maximum atomic E-state index is 12.5. The van der Waals surface area contributed by atoms with E-state index in [9.17, 15) is 15.0 Å². The Hall–Kier alpha value is -3.73. The lowest BCUT2D eigenvalue weighted by molar-refractivity contribution is -0.123. The SMILES string of the molecule is CC/C=C\C/C=C\C/C=C\C/C=C\C/C=C\C/C=C\C/C=C\C/C=C\C/C=C\CCCCCCCCCC(=O)NC(CO)C(O)/C=C/CC/C=C/CC/C=C/CCCCCCCCCCCCC. The van der Waals surface area contributed by atoms with Gasteiger partial charge in [-0.2, -0.15) is 0 Å². The van der Waals surface area contributed by atoms with Gasteiger partial charge >= 0.3 is 0 Å². The van der Waals surface area contributed by atoms with E-state index in [0.29, 0.717) is 6.42 Å². The molecular formula is C64H105NO3. The molecule has 2 unspecified atom stereocenters. The van der Waals surface area contributed by atoms with Crippen LogP contribution in [0.15, 0.2) is 146 Å². The minimum absolute atomic E-state index is 0.0952. The molecule has 0 fully saturated rings. The molecule has 0 saturated heterocycles. The second-order valence-corrected chi connectivity index (χ2v) is 18.2. The molecule has 0 aromatic heterocycles. The molecule has 384 valence electrons. The molecule has 1 amide bonds. The molecule has 0 bridgehead atoms. The summed E-state index contributed by atoms with van der Waals surface area (Å²) in [5, 5.41) is 23.1. The summed E-state index contributed by atoms with van der Waals surface area (Å²) in [4.78, 5) is 12.5. The van der Waals surface area contributed by atoms with Gasteiger partial charge in [0.05, 0.1) is 18.8 Å². The molecule has 3 N–H and O–H groups in total. The van der Waals surface area contributed by atoms with Crippen molar-refractivity contribution in [3.05, 3.63) is 146 Å². The number of carbonyl (C=O) groups excluding carboxylic acids is 1. The van der Waals surface area contributed by atoms with Crippen LogP contribution in [0, 0.1) is 0 Å². The number of rotatable bonds is 49. The second-order valence-electron chi connectivity index (χ2n) is 18.2. The highest BCUT2D eigenvalue weighted by atomic mass is 16.3. The normalized spacial score (nSPS) is 14.0. The molecule has 0 rings (SSSR count). The topological polar surface area (TPSA) is 69.6 Å². The Kier molecular flexibility index (Phi) is 54.4. The lowest BCUT2D eigenvalue weighted by atomic mass is 10.1. The van der Waals surface area contributed by atoms with Gasteiger partial charge in [0.2, 0.25) is 5.91 Å². The average Bonchev–Trinajstić information content (AvgIpc) is 3.34. The largest absolute Gasteiger partial charge is 0.394 e. The third-order valence-electron chi connectivity index (χ3n) is 11.8. The molecule has 0 heterocycles. The minimum Gasteiger partial charge on any atom is -0.394 e. The number of aliphatic hydroxyl groups is 2. The van der Waals surface area contributed by atoms with Crippen LogP contribution in [0.5, 0.6) is 0 Å². The average molecular weight is 937 g/mol. The first-order chi connectivity index (χ1) is 33.7. The van der Waals surface area contributed by atoms with Crippen LogP contribution in [0.1, 0.15) is 232 Å². The van der Waals surface area contributed by atoms with Gasteiger partial charge in [-0.15, -0.1) is 0 Å². The summed E-state index contributed by atoms with van der Waals surface area (Å²) in [5.41, 5.74) is 0. The smallest absolute Gasteiger partial charge is 0.220 e. The Morgan fingerprint density at radius 2 is 0.662 bits per heavy atom. The van der Waals surface area contributed by atoms with Crippen LogP contribution < -0.4 is 5.32 Å². The molecule has 4 nitrogen and oxygen atoms in total. The van der Waals surface area contributed by atoms with Crippen molar-refractivity contribution in [2.24, 2.45) is 0 Å². The highest BCUT2D eigenvalue weighted by Gasteiger charge is 2.17. The van der Waals surface area contributed by atoms with Crippen molar-refractivity contribution in [1.29, 1.82) is 0 Å². The van der Waals surface area contributed by atoms with Gasteiger partial charge in [0, 0.05) is 6.42 Å². The van der Waals surface area contributed by atoms with Crippen LogP contribution in [0.25, 0.3) is 0 Å². The molecule has 0 aromatic rings. The van der Waals surface area contributed by atoms with E-state index in [0.717, 1.165) is 109 Å². The zero-order valence-corrected chi connectivity index (χ0v) is 44.1.